The molecule has 0 fully saturated rings. The summed E-state index contributed by atoms with van der Waals surface area (Å²) in [5.41, 5.74) is 7.43. The van der Waals surface area contributed by atoms with Crippen molar-refractivity contribution in [2.24, 2.45) is 0 Å². The van der Waals surface area contributed by atoms with Crippen molar-refractivity contribution >= 4 is 26.0 Å². The van der Waals surface area contributed by atoms with Crippen molar-refractivity contribution in [2.75, 3.05) is 0 Å². The van der Waals surface area contributed by atoms with Gasteiger partial charge in [0.25, 0.3) is 0 Å². The number of fused-ring (bicyclic) bond motifs is 2. The summed E-state index contributed by atoms with van der Waals surface area (Å²) in [6, 6.07) is 27.0. The standard InChI is InChI=1S/C16H14P.C9H7.Hf/c1-12-6-2-5-9-15(12)17-16-11-10-13-7-3-4-8-14(13)16;1-2-5-9-7-3-6-8(9)4-1;/h2-11,17H,1H3;1-7H;. The zero-order valence-electron chi connectivity index (χ0n) is 15.3. The first-order valence-corrected chi connectivity index (χ1v) is 14.3. The van der Waals surface area contributed by atoms with Crippen LogP contribution in [0.15, 0.2) is 84.9 Å². The fourth-order valence-electron chi connectivity index (χ4n) is 4.12. The number of benzene rings is 3. The summed E-state index contributed by atoms with van der Waals surface area (Å²) in [5.74, 6) is 0. The maximum atomic E-state index is 2.57. The van der Waals surface area contributed by atoms with Gasteiger partial charge >= 0.3 is 175 Å². The van der Waals surface area contributed by atoms with Gasteiger partial charge in [-0.1, -0.05) is 0 Å². The van der Waals surface area contributed by atoms with Gasteiger partial charge in [-0.05, 0) is 0 Å². The molecule has 0 amide bonds. The zero-order valence-corrected chi connectivity index (χ0v) is 19.9. The topological polar surface area (TPSA) is 0 Å². The quantitative estimate of drug-likeness (QED) is 0.285. The summed E-state index contributed by atoms with van der Waals surface area (Å²) in [6.45, 7) is 2.26. The summed E-state index contributed by atoms with van der Waals surface area (Å²) < 4.78 is 0.948. The van der Waals surface area contributed by atoms with Gasteiger partial charge in [0.1, 0.15) is 0 Å². The van der Waals surface area contributed by atoms with E-state index in [4.69, 9.17) is 0 Å². The molecule has 0 spiro atoms. The van der Waals surface area contributed by atoms with Crippen molar-refractivity contribution in [3.63, 3.8) is 0 Å². The number of allylic oxidation sites excluding steroid dienone is 2. The van der Waals surface area contributed by atoms with Crippen LogP contribution in [0.1, 0.15) is 31.5 Å². The van der Waals surface area contributed by atoms with Crippen LogP contribution in [0, 0.1) is 6.92 Å². The van der Waals surface area contributed by atoms with Crippen molar-refractivity contribution in [1.82, 2.24) is 0 Å². The van der Waals surface area contributed by atoms with Crippen LogP contribution in [0.25, 0.3) is 12.2 Å². The van der Waals surface area contributed by atoms with E-state index in [0.29, 0.717) is 3.67 Å². The summed E-state index contributed by atoms with van der Waals surface area (Å²) in [4.78, 5) is 0. The van der Waals surface area contributed by atoms with Crippen LogP contribution in [0.4, 0.5) is 0 Å². The van der Waals surface area contributed by atoms with Gasteiger partial charge in [-0.25, -0.2) is 0 Å². The number of hydrogen-bond donors (Lipinski definition) is 0. The predicted octanol–water partition coefficient (Wildman–Crippen LogP) is 6.03. The SMILES string of the molecule is Cc1ccccc1P[C]1([Hf][CH]2C=Cc3ccccc32)C=Cc2ccccc21. The molecule has 3 atom stereocenters. The fourth-order valence-corrected chi connectivity index (χ4v) is 15.1. The normalized spacial score (nSPS) is 22.3. The van der Waals surface area contributed by atoms with Crippen LogP contribution < -0.4 is 5.30 Å². The molecule has 0 saturated heterocycles. The van der Waals surface area contributed by atoms with E-state index in [9.17, 15) is 0 Å². The van der Waals surface area contributed by atoms with Gasteiger partial charge < -0.3 is 0 Å². The van der Waals surface area contributed by atoms with Gasteiger partial charge in [-0.15, -0.1) is 0 Å². The minimum atomic E-state index is -1.12. The minimum absolute atomic E-state index is 0.273. The first-order chi connectivity index (χ1) is 13.3. The molecule has 5 rings (SSSR count). The number of aryl methyl sites for hydroxylation is 1. The summed E-state index contributed by atoms with van der Waals surface area (Å²) in [5, 5.41) is 1.53. The van der Waals surface area contributed by atoms with Gasteiger partial charge in [0, 0.05) is 0 Å². The molecule has 0 heterocycles. The van der Waals surface area contributed by atoms with Gasteiger partial charge in [-0.2, -0.15) is 0 Å². The molecule has 130 valence electrons. The Hall–Kier alpha value is -1.56. The molecule has 0 N–H and O–H groups in total. The van der Waals surface area contributed by atoms with E-state index in [1.54, 1.807) is 11.1 Å². The Kier molecular flexibility index (Phi) is 4.62. The van der Waals surface area contributed by atoms with E-state index >= 15 is 0 Å². The molecular formula is C25H21HfP. The average Bonchev–Trinajstić information content (AvgIpc) is 3.27. The second-order valence-corrected chi connectivity index (χ2v) is 16.8. The molecule has 0 saturated carbocycles. The van der Waals surface area contributed by atoms with Crippen LogP contribution in [-0.2, 0) is 25.8 Å². The van der Waals surface area contributed by atoms with Crippen molar-refractivity contribution < 1.29 is 22.9 Å². The number of rotatable bonds is 4. The fraction of sp³-hybridized carbons (Fsp3) is 0.120. The molecule has 3 aromatic carbocycles. The molecule has 2 heteroatoms. The Bertz CT molecular complexity index is 1070. The Balaban J connectivity index is 1.58. The molecule has 0 aromatic heterocycles. The third-order valence-electron chi connectivity index (χ3n) is 5.56. The molecule has 0 nitrogen and oxygen atoms in total. The summed E-state index contributed by atoms with van der Waals surface area (Å²) in [6.07, 6.45) is 9.80. The zero-order chi connectivity index (χ0) is 18.3. The van der Waals surface area contributed by atoms with E-state index < -0.39 is 22.9 Å². The molecule has 3 unspecified atom stereocenters. The van der Waals surface area contributed by atoms with Crippen molar-refractivity contribution in [3.05, 3.63) is 113 Å². The van der Waals surface area contributed by atoms with Gasteiger partial charge in [0.15, 0.2) is 0 Å². The van der Waals surface area contributed by atoms with Crippen LogP contribution in [-0.4, -0.2) is 0 Å². The van der Waals surface area contributed by atoms with E-state index in [1.165, 1.54) is 22.0 Å². The van der Waals surface area contributed by atoms with E-state index in [-0.39, 0.29) is 2.91 Å². The van der Waals surface area contributed by atoms with Crippen molar-refractivity contribution in [1.29, 1.82) is 0 Å². The maximum absolute atomic E-state index is 2.57. The second-order valence-electron chi connectivity index (χ2n) is 7.28. The molecule has 2 aliphatic carbocycles. The third kappa shape index (κ3) is 3.16. The monoisotopic (exact) mass is 532 g/mol. The molecule has 0 radical (unpaired) electrons. The van der Waals surface area contributed by atoms with Gasteiger partial charge in [0.2, 0.25) is 0 Å². The molecule has 3 aromatic rings. The van der Waals surface area contributed by atoms with Crippen LogP contribution in [0.5, 0.6) is 0 Å². The third-order valence-corrected chi connectivity index (χ3v) is 15.9. The molecule has 27 heavy (non-hydrogen) atoms. The number of hydrogen-bond acceptors (Lipinski definition) is 0. The molecule has 0 aliphatic heterocycles. The first kappa shape index (κ1) is 17.5. The van der Waals surface area contributed by atoms with E-state index in [0.717, 1.165) is 8.58 Å². The van der Waals surface area contributed by atoms with Crippen LogP contribution >= 0.6 is 8.58 Å². The van der Waals surface area contributed by atoms with Crippen molar-refractivity contribution in [2.45, 2.75) is 13.5 Å². The molecule has 0 bridgehead atoms. The first-order valence-electron chi connectivity index (χ1n) is 9.43. The van der Waals surface area contributed by atoms with E-state index in [1.807, 2.05) is 0 Å². The molecule has 2 aliphatic rings. The average molecular weight is 531 g/mol. The van der Waals surface area contributed by atoms with Crippen molar-refractivity contribution in [3.8, 4) is 0 Å². The van der Waals surface area contributed by atoms with Crippen LogP contribution in [0.3, 0.4) is 0 Å². The summed E-state index contributed by atoms with van der Waals surface area (Å²) >= 11 is -1.12. The van der Waals surface area contributed by atoms with E-state index in [2.05, 4.69) is 104 Å². The summed E-state index contributed by atoms with van der Waals surface area (Å²) in [7, 11) is 0.824. The molecular weight excluding hydrogens is 510 g/mol. The Morgan fingerprint density at radius 2 is 1.56 bits per heavy atom. The Morgan fingerprint density at radius 1 is 0.815 bits per heavy atom. The van der Waals surface area contributed by atoms with Crippen LogP contribution in [0.2, 0.25) is 0 Å². The predicted molar refractivity (Wildman–Crippen MR) is 114 cm³/mol. The Labute approximate surface area is 174 Å². The Morgan fingerprint density at radius 3 is 2.44 bits per heavy atom. The van der Waals surface area contributed by atoms with Gasteiger partial charge in [0.05, 0.1) is 0 Å². The van der Waals surface area contributed by atoms with Gasteiger partial charge in [-0.3, -0.25) is 0 Å². The second kappa shape index (κ2) is 7.12.